The summed E-state index contributed by atoms with van der Waals surface area (Å²) in [6, 6.07) is 6.49. The lowest BCUT2D eigenvalue weighted by atomic mass is 10.1. The monoisotopic (exact) mass is 304 g/mol. The maximum absolute atomic E-state index is 11.9. The fourth-order valence-corrected chi connectivity index (χ4v) is 1.74. The first kappa shape index (κ1) is 15.6. The number of methoxy groups -OCH3 is 1. The summed E-state index contributed by atoms with van der Waals surface area (Å²) in [7, 11) is 1.30. The van der Waals surface area contributed by atoms with Crippen LogP contribution in [0.2, 0.25) is 0 Å². The fraction of sp³-hybridized carbons (Fsp3) is 0.267. The van der Waals surface area contributed by atoms with Crippen molar-refractivity contribution in [2.24, 2.45) is 0 Å². The maximum Gasteiger partial charge on any atom is 0.337 e. The van der Waals surface area contributed by atoms with Gasteiger partial charge in [-0.2, -0.15) is 0 Å². The van der Waals surface area contributed by atoms with Crippen LogP contribution in [0.25, 0.3) is 0 Å². The van der Waals surface area contributed by atoms with Gasteiger partial charge in [0.15, 0.2) is 6.61 Å². The first-order valence-electron chi connectivity index (χ1n) is 6.54. The number of esters is 1. The first-order chi connectivity index (χ1) is 10.5. The third-order valence-corrected chi connectivity index (χ3v) is 2.89. The molecular weight excluding hydrogens is 288 g/mol. The third-order valence-electron chi connectivity index (χ3n) is 2.89. The lowest BCUT2D eigenvalue weighted by Gasteiger charge is -2.10. The zero-order chi connectivity index (χ0) is 16.1. The summed E-state index contributed by atoms with van der Waals surface area (Å²) in [5.41, 5.74) is 1.70. The maximum atomic E-state index is 11.9. The predicted octanol–water partition coefficient (Wildman–Crippen LogP) is 2.10. The zero-order valence-corrected chi connectivity index (χ0v) is 12.5. The molecule has 0 saturated carbocycles. The van der Waals surface area contributed by atoms with Crippen LogP contribution in [0.4, 0.5) is 5.69 Å². The zero-order valence-electron chi connectivity index (χ0n) is 12.5. The number of aryl methyl sites for hydroxylation is 2. The van der Waals surface area contributed by atoms with Crippen LogP contribution in [-0.4, -0.2) is 30.7 Å². The molecule has 0 radical (unpaired) electrons. The molecule has 0 atom stereocenters. The molecule has 1 aromatic carbocycles. The van der Waals surface area contributed by atoms with Gasteiger partial charge < -0.3 is 19.3 Å². The van der Waals surface area contributed by atoms with Crippen LogP contribution in [0, 0.1) is 13.8 Å². The van der Waals surface area contributed by atoms with Crippen LogP contribution in [0.15, 0.2) is 28.8 Å². The smallest absolute Gasteiger partial charge is 0.337 e. The van der Waals surface area contributed by atoms with Crippen LogP contribution in [0.5, 0.6) is 5.88 Å². The van der Waals surface area contributed by atoms with Crippen molar-refractivity contribution in [3.8, 4) is 5.88 Å². The van der Waals surface area contributed by atoms with Gasteiger partial charge in [0.05, 0.1) is 12.7 Å². The number of hydrogen-bond donors (Lipinski definition) is 1. The topological polar surface area (TPSA) is 90.7 Å². The van der Waals surface area contributed by atoms with E-state index in [1.807, 2.05) is 6.92 Å². The van der Waals surface area contributed by atoms with E-state index in [-0.39, 0.29) is 18.4 Å². The number of hydrogen-bond acceptors (Lipinski definition) is 6. The van der Waals surface area contributed by atoms with Gasteiger partial charge in [0.2, 0.25) is 0 Å². The molecule has 0 saturated heterocycles. The van der Waals surface area contributed by atoms with Crippen molar-refractivity contribution in [2.75, 3.05) is 19.0 Å². The summed E-state index contributed by atoms with van der Waals surface area (Å²) in [5, 5.41) is 6.30. The molecule has 1 N–H and O–H groups in total. The Hall–Kier alpha value is -2.83. The second kappa shape index (κ2) is 6.75. The molecule has 0 aliphatic carbocycles. The Labute approximate surface area is 127 Å². The number of aromatic nitrogens is 1. The van der Waals surface area contributed by atoms with E-state index in [1.54, 1.807) is 31.2 Å². The Morgan fingerprint density at radius 2 is 2.05 bits per heavy atom. The average molecular weight is 304 g/mol. The number of rotatable bonds is 5. The van der Waals surface area contributed by atoms with Crippen LogP contribution in [0.3, 0.4) is 0 Å². The van der Waals surface area contributed by atoms with Gasteiger partial charge in [-0.15, -0.1) is 0 Å². The van der Waals surface area contributed by atoms with Crippen LogP contribution < -0.4 is 10.1 Å². The molecule has 0 spiro atoms. The fourth-order valence-electron chi connectivity index (χ4n) is 1.74. The van der Waals surface area contributed by atoms with Crippen molar-refractivity contribution in [3.63, 3.8) is 0 Å². The van der Waals surface area contributed by atoms with Crippen molar-refractivity contribution in [2.45, 2.75) is 13.8 Å². The number of nitrogens with one attached hydrogen (secondary N) is 1. The molecule has 0 aliphatic rings. The second-order valence-electron chi connectivity index (χ2n) is 4.63. The number of carbonyl (C=O) groups is 2. The van der Waals surface area contributed by atoms with Gasteiger partial charge in [-0.25, -0.2) is 4.79 Å². The molecule has 0 bridgehead atoms. The highest BCUT2D eigenvalue weighted by atomic mass is 16.5. The highest BCUT2D eigenvalue weighted by molar-refractivity contribution is 5.95. The van der Waals surface area contributed by atoms with E-state index in [1.165, 1.54) is 7.11 Å². The van der Waals surface area contributed by atoms with E-state index >= 15 is 0 Å². The number of carbonyl (C=O) groups excluding carboxylic acids is 2. The van der Waals surface area contributed by atoms with Gasteiger partial charge in [0, 0.05) is 11.8 Å². The third kappa shape index (κ3) is 3.85. The molecule has 2 aromatic rings. The molecular formula is C15H16N2O5. The van der Waals surface area contributed by atoms with Crippen LogP contribution in [0.1, 0.15) is 21.7 Å². The van der Waals surface area contributed by atoms with Gasteiger partial charge in [0.1, 0.15) is 5.76 Å². The molecule has 2 rings (SSSR count). The first-order valence-corrected chi connectivity index (χ1v) is 6.54. The highest BCUT2D eigenvalue weighted by Crippen LogP contribution is 2.17. The summed E-state index contributed by atoms with van der Waals surface area (Å²) in [6.45, 7) is 3.33. The highest BCUT2D eigenvalue weighted by Gasteiger charge is 2.11. The standard InChI is InChI=1S/C15H16N2O5/c1-9-4-5-11(15(19)20-3)7-12(9)16-13(18)8-21-14-6-10(2)22-17-14/h4-7H,8H2,1-3H3,(H,16,18). The van der Waals surface area contributed by atoms with Crippen molar-refractivity contribution < 1.29 is 23.6 Å². The minimum Gasteiger partial charge on any atom is -0.465 e. The van der Waals surface area contributed by atoms with E-state index in [0.29, 0.717) is 17.0 Å². The van der Waals surface area contributed by atoms with E-state index in [4.69, 9.17) is 9.26 Å². The lowest BCUT2D eigenvalue weighted by Crippen LogP contribution is -2.21. The van der Waals surface area contributed by atoms with Gasteiger partial charge in [0.25, 0.3) is 11.8 Å². The Morgan fingerprint density at radius 1 is 1.27 bits per heavy atom. The van der Waals surface area contributed by atoms with Crippen molar-refractivity contribution in [1.82, 2.24) is 5.16 Å². The van der Waals surface area contributed by atoms with Gasteiger partial charge in [-0.1, -0.05) is 6.07 Å². The summed E-state index contributed by atoms with van der Waals surface area (Å²) in [6.07, 6.45) is 0. The van der Waals surface area contributed by atoms with Gasteiger partial charge >= 0.3 is 5.97 Å². The minimum atomic E-state index is -0.468. The van der Waals surface area contributed by atoms with Crippen molar-refractivity contribution >= 4 is 17.6 Å². The van der Waals surface area contributed by atoms with Gasteiger partial charge in [-0.05, 0) is 36.7 Å². The van der Waals surface area contributed by atoms with Crippen molar-refractivity contribution in [3.05, 3.63) is 41.2 Å². The molecule has 1 heterocycles. The van der Waals surface area contributed by atoms with E-state index < -0.39 is 5.97 Å². The molecule has 22 heavy (non-hydrogen) atoms. The summed E-state index contributed by atoms with van der Waals surface area (Å²) < 4.78 is 14.7. The summed E-state index contributed by atoms with van der Waals surface area (Å²) in [4.78, 5) is 23.4. The number of ether oxygens (including phenoxy) is 2. The Balaban J connectivity index is 2.00. The Kier molecular flexibility index (Phi) is 4.77. The number of amides is 1. The molecule has 1 aromatic heterocycles. The summed E-state index contributed by atoms with van der Waals surface area (Å²) >= 11 is 0. The Morgan fingerprint density at radius 3 is 2.68 bits per heavy atom. The largest absolute Gasteiger partial charge is 0.465 e. The normalized spacial score (nSPS) is 10.1. The lowest BCUT2D eigenvalue weighted by molar-refractivity contribution is -0.118. The van der Waals surface area contributed by atoms with Gasteiger partial charge in [-0.3, -0.25) is 4.79 Å². The molecule has 0 unspecified atom stereocenters. The van der Waals surface area contributed by atoms with E-state index in [9.17, 15) is 9.59 Å². The quantitative estimate of drug-likeness (QED) is 0.851. The number of benzene rings is 1. The molecule has 0 aliphatic heterocycles. The minimum absolute atomic E-state index is 0.214. The number of anilines is 1. The second-order valence-corrected chi connectivity index (χ2v) is 4.63. The Bertz CT molecular complexity index is 693. The predicted molar refractivity (Wildman–Crippen MR) is 77.9 cm³/mol. The average Bonchev–Trinajstić information content (AvgIpc) is 2.92. The molecule has 116 valence electrons. The summed E-state index contributed by atoms with van der Waals surface area (Å²) in [5.74, 6) is 0.000283. The van der Waals surface area contributed by atoms with E-state index in [2.05, 4.69) is 15.2 Å². The SMILES string of the molecule is COC(=O)c1ccc(C)c(NC(=O)COc2cc(C)on2)c1. The van der Waals surface area contributed by atoms with Crippen LogP contribution in [-0.2, 0) is 9.53 Å². The molecule has 1 amide bonds. The number of nitrogens with zero attached hydrogens (tertiary/aromatic N) is 1. The molecule has 7 nitrogen and oxygen atoms in total. The van der Waals surface area contributed by atoms with Crippen LogP contribution >= 0.6 is 0 Å². The van der Waals surface area contributed by atoms with Crippen molar-refractivity contribution in [1.29, 1.82) is 0 Å². The molecule has 7 heteroatoms. The molecule has 0 fully saturated rings. The van der Waals surface area contributed by atoms with E-state index in [0.717, 1.165) is 5.56 Å².